The highest BCUT2D eigenvalue weighted by Crippen LogP contribution is 2.29. The minimum atomic E-state index is -0.402. The van der Waals surface area contributed by atoms with Gasteiger partial charge in [-0.2, -0.15) is 10.4 Å². The van der Waals surface area contributed by atoms with Crippen LogP contribution >= 0.6 is 0 Å². The van der Waals surface area contributed by atoms with E-state index in [-0.39, 0.29) is 5.57 Å². The van der Waals surface area contributed by atoms with Crippen molar-refractivity contribution in [2.24, 2.45) is 0 Å². The van der Waals surface area contributed by atoms with Gasteiger partial charge >= 0.3 is 0 Å². The van der Waals surface area contributed by atoms with Gasteiger partial charge in [0.25, 0.3) is 5.91 Å². The predicted octanol–water partition coefficient (Wildman–Crippen LogP) is 6.43. The number of amides is 1. The van der Waals surface area contributed by atoms with Crippen molar-refractivity contribution in [1.82, 2.24) is 15.1 Å². The summed E-state index contributed by atoms with van der Waals surface area (Å²) < 4.78 is 1.92. The van der Waals surface area contributed by atoms with Crippen LogP contribution in [-0.4, -0.2) is 15.7 Å². The maximum absolute atomic E-state index is 12.6. The van der Waals surface area contributed by atoms with E-state index in [0.717, 1.165) is 39.3 Å². The number of nitrogens with zero attached hydrogens (tertiary/aromatic N) is 3. The Hall–Kier alpha value is -5.21. The van der Waals surface area contributed by atoms with E-state index in [4.69, 9.17) is 5.10 Å². The Morgan fingerprint density at radius 2 is 1.41 bits per heavy atom. The Bertz CT molecular complexity index is 1560. The van der Waals surface area contributed by atoms with E-state index in [1.165, 1.54) is 0 Å². The Kier molecular flexibility index (Phi) is 7.01. The molecule has 0 atom stereocenters. The second-order valence-corrected chi connectivity index (χ2v) is 8.49. The van der Waals surface area contributed by atoms with Gasteiger partial charge in [0.1, 0.15) is 11.6 Å². The zero-order valence-corrected chi connectivity index (χ0v) is 20.1. The molecule has 0 saturated carbocycles. The number of hydrogen-bond acceptors (Lipinski definition) is 3. The Labute approximate surface area is 216 Å². The van der Waals surface area contributed by atoms with Gasteiger partial charge in [-0.3, -0.25) is 4.79 Å². The second kappa shape index (κ2) is 11.0. The molecule has 0 radical (unpaired) electrons. The lowest BCUT2D eigenvalue weighted by molar-refractivity contribution is -0.117. The molecule has 1 N–H and O–H groups in total. The highest BCUT2D eigenvalue weighted by atomic mass is 16.1. The minimum absolute atomic E-state index is 0.0547. The van der Waals surface area contributed by atoms with Crippen molar-refractivity contribution in [3.05, 3.63) is 138 Å². The van der Waals surface area contributed by atoms with Crippen LogP contribution in [0.4, 0.5) is 0 Å². The molecule has 5 heteroatoms. The Balaban J connectivity index is 1.41. The van der Waals surface area contributed by atoms with Crippen molar-refractivity contribution in [3.63, 3.8) is 0 Å². The molecule has 4 aromatic carbocycles. The average molecular weight is 481 g/mol. The number of nitriles is 1. The van der Waals surface area contributed by atoms with E-state index in [0.29, 0.717) is 6.54 Å². The first kappa shape index (κ1) is 23.5. The summed E-state index contributed by atoms with van der Waals surface area (Å²) in [5.74, 6) is -0.402. The highest BCUT2D eigenvalue weighted by Gasteiger charge is 2.13. The third-order valence-corrected chi connectivity index (χ3v) is 5.96. The maximum Gasteiger partial charge on any atom is 0.262 e. The lowest BCUT2D eigenvalue weighted by Gasteiger charge is -2.08. The Morgan fingerprint density at radius 1 is 0.811 bits per heavy atom. The largest absolute Gasteiger partial charge is 0.347 e. The summed E-state index contributed by atoms with van der Waals surface area (Å²) in [5.41, 5.74) is 6.61. The number of carbonyl (C=O) groups excluding carboxylic acids is 1. The molecule has 0 spiro atoms. The lowest BCUT2D eigenvalue weighted by atomic mass is 10.1. The highest BCUT2D eigenvalue weighted by molar-refractivity contribution is 6.01. The van der Waals surface area contributed by atoms with Crippen LogP contribution in [0.15, 0.2) is 127 Å². The van der Waals surface area contributed by atoms with Gasteiger partial charge in [0.05, 0.1) is 17.1 Å². The van der Waals surface area contributed by atoms with Crippen molar-refractivity contribution < 1.29 is 4.79 Å². The molecule has 1 heterocycles. The zero-order chi connectivity index (χ0) is 25.5. The molecule has 5 rings (SSSR count). The number of carbonyl (C=O) groups is 1. The number of benzene rings is 4. The summed E-state index contributed by atoms with van der Waals surface area (Å²) in [6, 6.07) is 41.6. The smallest absolute Gasteiger partial charge is 0.262 e. The fraction of sp³-hybridized carbons (Fsp3) is 0.0312. The molecule has 0 unspecified atom stereocenters. The second-order valence-electron chi connectivity index (χ2n) is 8.49. The fourth-order valence-corrected chi connectivity index (χ4v) is 4.04. The molecule has 1 amide bonds. The molecule has 0 aliphatic carbocycles. The number of aromatic nitrogens is 2. The van der Waals surface area contributed by atoms with E-state index >= 15 is 0 Å². The molecule has 0 aliphatic rings. The lowest BCUT2D eigenvalue weighted by Crippen LogP contribution is -2.23. The van der Waals surface area contributed by atoms with Crippen LogP contribution in [0.2, 0.25) is 0 Å². The minimum Gasteiger partial charge on any atom is -0.347 e. The molecule has 0 bridgehead atoms. The molecule has 5 nitrogen and oxygen atoms in total. The molecule has 37 heavy (non-hydrogen) atoms. The van der Waals surface area contributed by atoms with E-state index in [1.54, 1.807) is 6.08 Å². The van der Waals surface area contributed by atoms with Gasteiger partial charge < -0.3 is 5.32 Å². The molecule has 1 aromatic heterocycles. The first-order chi connectivity index (χ1) is 18.2. The maximum atomic E-state index is 12.6. The van der Waals surface area contributed by atoms with Crippen LogP contribution < -0.4 is 5.32 Å². The van der Waals surface area contributed by atoms with E-state index in [9.17, 15) is 10.1 Å². The van der Waals surface area contributed by atoms with Gasteiger partial charge in [0, 0.05) is 17.7 Å². The van der Waals surface area contributed by atoms with Crippen molar-refractivity contribution in [3.8, 4) is 34.3 Å². The number of rotatable bonds is 7. The van der Waals surface area contributed by atoms with Gasteiger partial charge in [-0.15, -0.1) is 0 Å². The molecule has 0 fully saturated rings. The summed E-state index contributed by atoms with van der Waals surface area (Å²) in [4.78, 5) is 12.6. The van der Waals surface area contributed by atoms with E-state index < -0.39 is 5.91 Å². The van der Waals surface area contributed by atoms with Crippen molar-refractivity contribution in [2.75, 3.05) is 0 Å². The summed E-state index contributed by atoms with van der Waals surface area (Å²) in [7, 11) is 0. The topological polar surface area (TPSA) is 70.7 Å². The summed E-state index contributed by atoms with van der Waals surface area (Å²) in [6.45, 7) is 0.364. The standard InChI is InChI=1S/C32H24N4O/c33-22-28(32(37)34-23-25-10-4-1-5-11-25)20-24-16-18-29(19-17-24)36-31(27-14-8-3-9-15-27)21-30(35-36)26-12-6-2-7-13-26/h1-21H,23H2,(H,34,37)/b28-20+. The van der Waals surface area contributed by atoms with Gasteiger partial charge in [-0.05, 0) is 35.4 Å². The summed E-state index contributed by atoms with van der Waals surface area (Å²) in [5, 5.41) is 17.3. The van der Waals surface area contributed by atoms with Gasteiger partial charge in [0.2, 0.25) is 0 Å². The molecule has 5 aromatic rings. The number of hydrogen-bond donors (Lipinski definition) is 1. The van der Waals surface area contributed by atoms with Crippen molar-refractivity contribution in [2.45, 2.75) is 6.54 Å². The third-order valence-electron chi connectivity index (χ3n) is 5.96. The molecular formula is C32H24N4O. The van der Waals surface area contributed by atoms with Crippen molar-refractivity contribution >= 4 is 12.0 Å². The normalized spacial score (nSPS) is 11.1. The molecule has 178 valence electrons. The van der Waals surface area contributed by atoms with Crippen LogP contribution in [0, 0.1) is 11.3 Å². The first-order valence-electron chi connectivity index (χ1n) is 12.0. The van der Waals surface area contributed by atoms with Gasteiger partial charge in [-0.1, -0.05) is 103 Å². The third kappa shape index (κ3) is 5.55. The number of nitrogens with one attached hydrogen (secondary N) is 1. The average Bonchev–Trinajstić information content (AvgIpc) is 3.42. The summed E-state index contributed by atoms with van der Waals surface area (Å²) in [6.07, 6.45) is 1.60. The van der Waals surface area contributed by atoms with Crippen LogP contribution in [0.25, 0.3) is 34.3 Å². The van der Waals surface area contributed by atoms with E-state index in [1.807, 2.05) is 114 Å². The molecule has 0 saturated heterocycles. The van der Waals surface area contributed by atoms with Gasteiger partial charge in [-0.25, -0.2) is 4.68 Å². The fourth-order valence-electron chi connectivity index (χ4n) is 4.04. The van der Waals surface area contributed by atoms with Crippen LogP contribution in [0.1, 0.15) is 11.1 Å². The monoisotopic (exact) mass is 480 g/mol. The predicted molar refractivity (Wildman–Crippen MR) is 146 cm³/mol. The quantitative estimate of drug-likeness (QED) is 0.216. The summed E-state index contributed by atoms with van der Waals surface area (Å²) >= 11 is 0. The van der Waals surface area contributed by atoms with Crippen molar-refractivity contribution in [1.29, 1.82) is 5.26 Å². The SMILES string of the molecule is N#C/C(=C\c1ccc(-n2nc(-c3ccccc3)cc2-c2ccccc2)cc1)C(=O)NCc1ccccc1. The van der Waals surface area contributed by atoms with Crippen LogP contribution in [0.3, 0.4) is 0 Å². The molecule has 0 aliphatic heterocycles. The van der Waals surface area contributed by atoms with Crippen LogP contribution in [0.5, 0.6) is 0 Å². The Morgan fingerprint density at radius 3 is 2.03 bits per heavy atom. The van der Waals surface area contributed by atoms with E-state index in [2.05, 4.69) is 23.5 Å². The molecular weight excluding hydrogens is 456 g/mol. The van der Waals surface area contributed by atoms with Crippen LogP contribution in [-0.2, 0) is 11.3 Å². The first-order valence-corrected chi connectivity index (χ1v) is 12.0. The zero-order valence-electron chi connectivity index (χ0n) is 20.1. The van der Waals surface area contributed by atoms with Gasteiger partial charge in [0.15, 0.2) is 0 Å².